The van der Waals surface area contributed by atoms with E-state index in [1.807, 2.05) is 64.1 Å². The monoisotopic (exact) mass is 1050 g/mol. The summed E-state index contributed by atoms with van der Waals surface area (Å²) in [6, 6.07) is 20.5. The number of anilines is 8. The second-order valence-corrected chi connectivity index (χ2v) is 21.7. The molecular formula is C57H66ClF2N9O6. The van der Waals surface area contributed by atoms with Gasteiger partial charge < -0.3 is 35.6 Å². The van der Waals surface area contributed by atoms with Crippen molar-refractivity contribution in [1.29, 1.82) is 0 Å². The molecule has 0 unspecified atom stereocenters. The van der Waals surface area contributed by atoms with E-state index in [1.165, 1.54) is 31.2 Å². The zero-order valence-corrected chi connectivity index (χ0v) is 44.7. The fraction of sp³-hybridized carbons (Fsp3) is 0.404. The Hall–Kier alpha value is -6.95. The van der Waals surface area contributed by atoms with E-state index in [0.29, 0.717) is 90.0 Å². The third-order valence-corrected chi connectivity index (χ3v) is 14.0. The zero-order valence-electron chi connectivity index (χ0n) is 44.0. The van der Waals surface area contributed by atoms with Crippen LogP contribution in [0.4, 0.5) is 54.5 Å². The van der Waals surface area contributed by atoms with Crippen molar-refractivity contribution >= 4 is 103 Å². The first-order chi connectivity index (χ1) is 35.5. The van der Waals surface area contributed by atoms with Gasteiger partial charge in [0.2, 0.25) is 17.7 Å². The van der Waals surface area contributed by atoms with E-state index >= 15 is 0 Å². The molecule has 4 aliphatic heterocycles. The average molecular weight is 1050 g/mol. The van der Waals surface area contributed by atoms with Crippen molar-refractivity contribution in [1.82, 2.24) is 9.97 Å². The molecule has 0 spiro atoms. The van der Waals surface area contributed by atoms with Crippen molar-refractivity contribution in [3.8, 4) is 0 Å². The number of ketones is 1. The van der Waals surface area contributed by atoms with Crippen LogP contribution in [0.15, 0.2) is 72.8 Å². The number of halogens is 3. The Balaban J connectivity index is 0.000000165. The molecule has 6 aromatic rings. The predicted molar refractivity (Wildman–Crippen MR) is 295 cm³/mol. The standard InChI is InChI=1S/C28H32FN5O3.C16H16ClFN2O.C13H18N2O2/c1-17-26(31-21-12-20(30-18(2)35)13-22(14-21)33-7-9-37-10-8-33)23-6-5-19(29)11-24(23)32-27(17)34-16-28(3,4)15-25(34)36;1-9-14(17)11-5-4-10(18)6-12(11)19-15(9)20-8-16(2,3)7-13(20)21;1-10(16)6-11-7-12(14)9-13(8-11)15-2-4-17-5-3-15/h5-6,11-14H,7-10,15-16H2,1-4H3,(H,30,35)(H,31,32);4-6H,7-8H2,1-3H3;7-9H,2-6,14H2,1H3. The topological polar surface area (TPSA) is 176 Å². The van der Waals surface area contributed by atoms with Crippen LogP contribution in [0.1, 0.15) is 71.1 Å². The second kappa shape index (κ2) is 22.5. The first kappa shape index (κ1) is 54.3. The summed E-state index contributed by atoms with van der Waals surface area (Å²) in [4.78, 5) is 65.2. The van der Waals surface area contributed by atoms with Crippen molar-refractivity contribution in [2.24, 2.45) is 10.8 Å². The quantitative estimate of drug-likeness (QED) is 0.117. The summed E-state index contributed by atoms with van der Waals surface area (Å²) in [6.07, 6.45) is 1.36. The number of hydrogen-bond acceptors (Lipinski definition) is 12. The van der Waals surface area contributed by atoms with Crippen molar-refractivity contribution in [2.45, 2.75) is 74.7 Å². The molecule has 15 nitrogen and oxygen atoms in total. The van der Waals surface area contributed by atoms with Crippen LogP contribution < -0.4 is 36.0 Å². The molecule has 4 fully saturated rings. The fourth-order valence-electron chi connectivity index (χ4n) is 10.0. The van der Waals surface area contributed by atoms with Gasteiger partial charge in [0.05, 0.1) is 48.2 Å². The predicted octanol–water partition coefficient (Wildman–Crippen LogP) is 10.3. The van der Waals surface area contributed by atoms with E-state index in [9.17, 15) is 28.0 Å². The number of nitrogens with zero attached hydrogens (tertiary/aromatic N) is 6. The maximum Gasteiger partial charge on any atom is 0.228 e. The van der Waals surface area contributed by atoms with Gasteiger partial charge in [-0.25, -0.2) is 18.7 Å². The van der Waals surface area contributed by atoms with Crippen molar-refractivity contribution in [3.05, 3.63) is 106 Å². The van der Waals surface area contributed by atoms with E-state index in [2.05, 4.69) is 39.3 Å². The first-order valence-electron chi connectivity index (χ1n) is 25.2. The maximum atomic E-state index is 14.2. The van der Waals surface area contributed by atoms with Crippen LogP contribution in [-0.2, 0) is 35.1 Å². The number of fused-ring (bicyclic) bond motifs is 2. The molecule has 2 aromatic heterocycles. The summed E-state index contributed by atoms with van der Waals surface area (Å²) in [5.41, 5.74) is 14.0. The lowest BCUT2D eigenvalue weighted by molar-refractivity contribution is -0.118. The molecule has 4 aromatic carbocycles. The number of amides is 3. The Morgan fingerprint density at radius 2 is 1.17 bits per heavy atom. The summed E-state index contributed by atoms with van der Waals surface area (Å²) in [7, 11) is 0. The molecule has 6 heterocycles. The molecule has 18 heteroatoms. The molecule has 10 rings (SSSR count). The minimum absolute atomic E-state index is 0.00422. The number of aromatic nitrogens is 2. The molecule has 4 saturated heterocycles. The smallest absolute Gasteiger partial charge is 0.228 e. The normalized spacial score (nSPS) is 17.2. The van der Waals surface area contributed by atoms with Gasteiger partial charge in [-0.2, -0.15) is 0 Å². The second-order valence-electron chi connectivity index (χ2n) is 21.4. The van der Waals surface area contributed by atoms with E-state index in [-0.39, 0.29) is 40.2 Å². The molecule has 0 bridgehead atoms. The van der Waals surface area contributed by atoms with Gasteiger partial charge >= 0.3 is 0 Å². The van der Waals surface area contributed by atoms with Gasteiger partial charge in [-0.15, -0.1) is 0 Å². The minimum atomic E-state index is -0.393. The third kappa shape index (κ3) is 13.1. The summed E-state index contributed by atoms with van der Waals surface area (Å²) in [5, 5.41) is 8.37. The maximum absolute atomic E-state index is 14.2. The number of nitrogen functional groups attached to an aromatic ring is 1. The fourth-order valence-corrected chi connectivity index (χ4v) is 10.3. The number of nitrogens with one attached hydrogen (secondary N) is 2. The molecular weight excluding hydrogens is 980 g/mol. The zero-order chi connectivity index (χ0) is 53.9. The number of pyridine rings is 2. The van der Waals surface area contributed by atoms with Gasteiger partial charge in [-0.1, -0.05) is 39.3 Å². The molecule has 0 atom stereocenters. The molecule has 75 heavy (non-hydrogen) atoms. The minimum Gasteiger partial charge on any atom is -0.399 e. The van der Waals surface area contributed by atoms with Crippen molar-refractivity contribution in [2.75, 3.05) is 102 Å². The lowest BCUT2D eigenvalue weighted by Crippen LogP contribution is -2.36. The lowest BCUT2D eigenvalue weighted by Gasteiger charge is -2.30. The molecule has 4 aliphatic rings. The lowest BCUT2D eigenvalue weighted by atomic mass is 9.93. The van der Waals surface area contributed by atoms with Gasteiger partial charge in [0.25, 0.3) is 0 Å². The number of carbonyl (C=O) groups excluding carboxylic acids is 4. The summed E-state index contributed by atoms with van der Waals surface area (Å²) >= 11 is 6.38. The third-order valence-electron chi connectivity index (χ3n) is 13.5. The van der Waals surface area contributed by atoms with Crippen LogP contribution in [0, 0.1) is 36.3 Å². The number of Topliss-reactive ketones (excluding diaryl/α,β-unsaturated/α-hetero) is 1. The average Bonchev–Trinajstić information content (AvgIpc) is 3.80. The Morgan fingerprint density at radius 1 is 0.680 bits per heavy atom. The molecule has 396 valence electrons. The van der Waals surface area contributed by atoms with Crippen LogP contribution in [-0.4, -0.2) is 99.2 Å². The Bertz CT molecular complexity index is 3180. The van der Waals surface area contributed by atoms with Crippen LogP contribution >= 0.6 is 11.6 Å². The van der Waals surface area contributed by atoms with Crippen LogP contribution in [0.25, 0.3) is 21.8 Å². The van der Waals surface area contributed by atoms with E-state index < -0.39 is 5.82 Å². The Morgan fingerprint density at radius 3 is 1.68 bits per heavy atom. The molecule has 0 aliphatic carbocycles. The van der Waals surface area contributed by atoms with Crippen LogP contribution in [0.5, 0.6) is 0 Å². The van der Waals surface area contributed by atoms with Crippen molar-refractivity contribution < 1.29 is 37.4 Å². The number of benzene rings is 4. The van der Waals surface area contributed by atoms with Gasteiger partial charge in [0.1, 0.15) is 29.1 Å². The molecule has 3 amide bonds. The number of carbonyl (C=O) groups is 4. The summed E-state index contributed by atoms with van der Waals surface area (Å²) < 4.78 is 38.5. The molecule has 4 N–H and O–H groups in total. The van der Waals surface area contributed by atoms with Gasteiger partial charge in [0, 0.05) is 128 Å². The van der Waals surface area contributed by atoms with Gasteiger partial charge in [0.15, 0.2) is 0 Å². The van der Waals surface area contributed by atoms with Gasteiger partial charge in [-0.3, -0.25) is 29.0 Å². The highest BCUT2D eigenvalue weighted by Gasteiger charge is 2.39. The van der Waals surface area contributed by atoms with E-state index in [1.54, 1.807) is 28.9 Å². The largest absolute Gasteiger partial charge is 0.399 e. The van der Waals surface area contributed by atoms with Crippen LogP contribution in [0.2, 0.25) is 5.02 Å². The van der Waals surface area contributed by atoms with Crippen LogP contribution in [0.3, 0.4) is 0 Å². The van der Waals surface area contributed by atoms with E-state index in [4.69, 9.17) is 31.8 Å². The summed E-state index contributed by atoms with van der Waals surface area (Å²) in [5.74, 6) is 0.334. The number of morpholine rings is 2. The number of nitrogens with two attached hydrogens (primary N) is 1. The Kier molecular flexibility index (Phi) is 16.3. The molecule has 0 saturated carbocycles. The number of hydrogen-bond donors (Lipinski definition) is 3. The first-order valence-corrected chi connectivity index (χ1v) is 25.6. The highest BCUT2D eigenvalue weighted by Crippen LogP contribution is 2.42. The summed E-state index contributed by atoms with van der Waals surface area (Å²) in [6.45, 7) is 22.2. The number of ether oxygens (including phenoxy) is 2. The molecule has 0 radical (unpaired) electrons. The van der Waals surface area contributed by atoms with Gasteiger partial charge in [-0.05, 0) is 97.8 Å². The highest BCUT2D eigenvalue weighted by molar-refractivity contribution is 6.36. The number of rotatable bonds is 9. The van der Waals surface area contributed by atoms with Crippen molar-refractivity contribution in [3.63, 3.8) is 0 Å². The Labute approximate surface area is 441 Å². The highest BCUT2D eigenvalue weighted by atomic mass is 35.5. The van der Waals surface area contributed by atoms with E-state index in [0.717, 1.165) is 84.2 Å². The SMILES string of the molecule is CC(=O)Cc1cc(N)cc(N2CCOCC2)c1.CC(=O)Nc1cc(Nc2c(C)c(N3CC(C)(C)CC3=O)nc3cc(F)ccc23)cc(N2CCOCC2)c1.Cc1c(N2CC(C)(C)CC2=O)nc2cc(F)ccc2c1Cl.